The number of aromatic carboxylic acids is 1. The molecule has 0 saturated carbocycles. The third-order valence-corrected chi connectivity index (χ3v) is 1.62. The molecular formula is C7H5ClN2O6. The topological polar surface area (TPSA) is 124 Å². The molecule has 0 heterocycles. The van der Waals surface area contributed by atoms with Crippen molar-refractivity contribution in [3.05, 3.63) is 44.0 Å². The van der Waals surface area contributed by atoms with Crippen LogP contribution in [0.25, 0.3) is 0 Å². The van der Waals surface area contributed by atoms with Gasteiger partial charge in [0.25, 0.3) is 11.4 Å². The molecule has 1 rings (SSSR count). The number of hydrogen-bond donors (Lipinski definition) is 1. The summed E-state index contributed by atoms with van der Waals surface area (Å²) in [6.45, 7) is 0. The molecule has 0 saturated heterocycles. The Balaban J connectivity index is 0.00000225. The van der Waals surface area contributed by atoms with E-state index in [0.717, 1.165) is 12.1 Å². The molecular weight excluding hydrogens is 244 g/mol. The highest BCUT2D eigenvalue weighted by Crippen LogP contribution is 2.24. The molecule has 0 fully saturated rings. The van der Waals surface area contributed by atoms with Crippen molar-refractivity contribution in [3.8, 4) is 0 Å². The Morgan fingerprint density at radius 2 is 1.75 bits per heavy atom. The molecule has 9 heteroatoms. The van der Waals surface area contributed by atoms with Crippen molar-refractivity contribution in [1.82, 2.24) is 0 Å². The first-order chi connectivity index (χ1) is 6.93. The number of carbonyl (C=O) groups is 1. The maximum absolute atomic E-state index is 10.5. The number of carboxylic acid groups (broad SMARTS) is 1. The predicted molar refractivity (Wildman–Crippen MR) is 54.0 cm³/mol. The summed E-state index contributed by atoms with van der Waals surface area (Å²) in [5.74, 6) is -1.50. The van der Waals surface area contributed by atoms with Crippen LogP contribution in [0.1, 0.15) is 10.4 Å². The van der Waals surface area contributed by atoms with E-state index in [0.29, 0.717) is 6.07 Å². The van der Waals surface area contributed by atoms with Crippen molar-refractivity contribution in [3.63, 3.8) is 0 Å². The Labute approximate surface area is 94.2 Å². The van der Waals surface area contributed by atoms with Crippen LogP contribution in [0.5, 0.6) is 0 Å². The number of nitrogens with zero attached hydrogens (tertiary/aromatic N) is 2. The molecule has 1 aromatic carbocycles. The van der Waals surface area contributed by atoms with Gasteiger partial charge in [0.2, 0.25) is 0 Å². The lowest BCUT2D eigenvalue weighted by molar-refractivity contribution is -0.394. The molecule has 0 aromatic heterocycles. The van der Waals surface area contributed by atoms with Gasteiger partial charge in [-0.25, -0.2) is 4.79 Å². The van der Waals surface area contributed by atoms with Gasteiger partial charge in [-0.2, -0.15) is 0 Å². The summed E-state index contributed by atoms with van der Waals surface area (Å²) in [5, 5.41) is 29.3. The molecule has 0 aliphatic heterocycles. The van der Waals surface area contributed by atoms with E-state index < -0.39 is 32.8 Å². The quantitative estimate of drug-likeness (QED) is 0.640. The first kappa shape index (κ1) is 13.8. The van der Waals surface area contributed by atoms with Crippen LogP contribution >= 0.6 is 12.4 Å². The van der Waals surface area contributed by atoms with E-state index in [1.54, 1.807) is 0 Å². The van der Waals surface area contributed by atoms with Gasteiger partial charge in [0.05, 0.1) is 15.9 Å². The lowest BCUT2D eigenvalue weighted by Crippen LogP contribution is -2.03. The number of carboxylic acids is 1. The summed E-state index contributed by atoms with van der Waals surface area (Å²) in [4.78, 5) is 29.4. The third kappa shape index (κ3) is 2.64. The molecule has 0 bridgehead atoms. The van der Waals surface area contributed by atoms with Crippen LogP contribution < -0.4 is 0 Å². The summed E-state index contributed by atoms with van der Waals surface area (Å²) in [6.07, 6.45) is 0. The lowest BCUT2D eigenvalue weighted by atomic mass is 10.1. The Morgan fingerprint density at radius 1 is 1.19 bits per heavy atom. The van der Waals surface area contributed by atoms with Crippen LogP contribution in [0.2, 0.25) is 0 Å². The van der Waals surface area contributed by atoms with E-state index in [9.17, 15) is 25.0 Å². The average Bonchev–Trinajstić information content (AvgIpc) is 2.16. The summed E-state index contributed by atoms with van der Waals surface area (Å²) < 4.78 is 0. The molecule has 1 aromatic rings. The fourth-order valence-corrected chi connectivity index (χ4v) is 0.965. The summed E-state index contributed by atoms with van der Waals surface area (Å²) in [5.41, 5.74) is -1.89. The van der Waals surface area contributed by atoms with Gasteiger partial charge in [-0.1, -0.05) is 0 Å². The number of rotatable bonds is 3. The van der Waals surface area contributed by atoms with Crippen LogP contribution in [-0.2, 0) is 0 Å². The zero-order valence-corrected chi connectivity index (χ0v) is 8.34. The highest BCUT2D eigenvalue weighted by Gasteiger charge is 2.23. The molecule has 1 N–H and O–H groups in total. The number of nitro benzene ring substituents is 2. The lowest BCUT2D eigenvalue weighted by Gasteiger charge is -1.97. The maximum Gasteiger partial charge on any atom is 0.342 e. The second-order valence-corrected chi connectivity index (χ2v) is 2.52. The number of halogens is 1. The highest BCUT2D eigenvalue weighted by atomic mass is 35.5. The van der Waals surface area contributed by atoms with Gasteiger partial charge >= 0.3 is 5.97 Å². The van der Waals surface area contributed by atoms with E-state index in [1.807, 2.05) is 0 Å². The first-order valence-corrected chi connectivity index (χ1v) is 3.59. The van der Waals surface area contributed by atoms with Gasteiger partial charge in [-0.05, 0) is 6.07 Å². The van der Waals surface area contributed by atoms with Crippen molar-refractivity contribution >= 4 is 29.8 Å². The Bertz CT molecular complexity index is 460. The van der Waals surface area contributed by atoms with Crippen molar-refractivity contribution < 1.29 is 19.7 Å². The Morgan fingerprint density at radius 3 is 2.12 bits per heavy atom. The molecule has 0 amide bonds. The Hall–Kier alpha value is -2.22. The van der Waals surface area contributed by atoms with Crippen LogP contribution in [-0.4, -0.2) is 20.9 Å². The summed E-state index contributed by atoms with van der Waals surface area (Å²) in [6, 6.07) is 2.35. The van der Waals surface area contributed by atoms with Gasteiger partial charge in [0.1, 0.15) is 5.56 Å². The van der Waals surface area contributed by atoms with E-state index in [4.69, 9.17) is 5.11 Å². The molecule has 0 unspecified atom stereocenters. The standard InChI is InChI=1S/C7H4N2O6.ClH/c10-7(11)5-2-1-4(8(12)13)3-6(5)9(14)15;/h1-3H,(H,10,11);1H. The molecule has 8 nitrogen and oxygen atoms in total. The van der Waals surface area contributed by atoms with Gasteiger partial charge in [0, 0.05) is 6.07 Å². The highest BCUT2D eigenvalue weighted by molar-refractivity contribution is 5.92. The van der Waals surface area contributed by atoms with Gasteiger partial charge in [0.15, 0.2) is 0 Å². The average molecular weight is 249 g/mol. The third-order valence-electron chi connectivity index (χ3n) is 1.62. The van der Waals surface area contributed by atoms with Crippen LogP contribution in [0.4, 0.5) is 11.4 Å². The number of non-ortho nitro benzene ring substituents is 1. The Kier molecular flexibility index (Phi) is 4.33. The predicted octanol–water partition coefficient (Wildman–Crippen LogP) is 1.62. The molecule has 0 aliphatic carbocycles. The minimum atomic E-state index is -1.50. The number of hydrogen-bond acceptors (Lipinski definition) is 5. The van der Waals surface area contributed by atoms with Crippen LogP contribution in [0, 0.1) is 20.2 Å². The normalized spacial score (nSPS) is 9.00. The van der Waals surface area contributed by atoms with E-state index in [1.165, 1.54) is 0 Å². The molecule has 0 aliphatic rings. The molecule has 16 heavy (non-hydrogen) atoms. The molecule has 0 atom stereocenters. The van der Waals surface area contributed by atoms with Crippen molar-refractivity contribution in [2.75, 3.05) is 0 Å². The van der Waals surface area contributed by atoms with E-state index in [2.05, 4.69) is 0 Å². The summed E-state index contributed by atoms with van der Waals surface area (Å²) in [7, 11) is 0. The molecule has 0 radical (unpaired) electrons. The SMILES string of the molecule is Cl.O=C(O)c1ccc([N+](=O)[O-])cc1[N+](=O)[O-]. The zero-order valence-electron chi connectivity index (χ0n) is 7.52. The van der Waals surface area contributed by atoms with Crippen molar-refractivity contribution in [2.24, 2.45) is 0 Å². The van der Waals surface area contributed by atoms with Gasteiger partial charge < -0.3 is 5.11 Å². The number of nitro groups is 2. The minimum Gasteiger partial charge on any atom is -0.477 e. The zero-order chi connectivity index (χ0) is 11.6. The van der Waals surface area contributed by atoms with E-state index in [-0.39, 0.29) is 12.4 Å². The summed E-state index contributed by atoms with van der Waals surface area (Å²) >= 11 is 0. The van der Waals surface area contributed by atoms with Gasteiger partial charge in [-0.15, -0.1) is 12.4 Å². The minimum absolute atomic E-state index is 0. The fourth-order valence-electron chi connectivity index (χ4n) is 0.965. The van der Waals surface area contributed by atoms with Crippen molar-refractivity contribution in [1.29, 1.82) is 0 Å². The van der Waals surface area contributed by atoms with Crippen LogP contribution in [0.15, 0.2) is 18.2 Å². The monoisotopic (exact) mass is 248 g/mol. The molecule has 0 spiro atoms. The van der Waals surface area contributed by atoms with E-state index >= 15 is 0 Å². The van der Waals surface area contributed by atoms with Crippen LogP contribution in [0.3, 0.4) is 0 Å². The largest absolute Gasteiger partial charge is 0.477 e. The fraction of sp³-hybridized carbons (Fsp3) is 0. The second kappa shape index (κ2) is 5.03. The van der Waals surface area contributed by atoms with Gasteiger partial charge in [-0.3, -0.25) is 20.2 Å². The maximum atomic E-state index is 10.5. The smallest absolute Gasteiger partial charge is 0.342 e. The number of benzene rings is 1. The first-order valence-electron chi connectivity index (χ1n) is 3.59. The van der Waals surface area contributed by atoms with Crippen molar-refractivity contribution in [2.45, 2.75) is 0 Å². The molecule has 86 valence electrons. The second-order valence-electron chi connectivity index (χ2n) is 2.52.